The van der Waals surface area contributed by atoms with Crippen LogP contribution in [0.1, 0.15) is 36.5 Å². The van der Waals surface area contributed by atoms with Gasteiger partial charge in [-0.1, -0.05) is 0 Å². The molecule has 1 amide bonds. The number of piperazine rings is 1. The smallest absolute Gasteiger partial charge is 0.261 e. The highest BCUT2D eigenvalue weighted by molar-refractivity contribution is 7.92. The van der Waals surface area contributed by atoms with Gasteiger partial charge in [0.2, 0.25) is 0 Å². The fourth-order valence-corrected chi connectivity index (χ4v) is 5.36. The summed E-state index contributed by atoms with van der Waals surface area (Å²) >= 11 is 0. The fourth-order valence-electron chi connectivity index (χ4n) is 4.32. The molecule has 2 fully saturated rings. The van der Waals surface area contributed by atoms with Crippen LogP contribution in [0.2, 0.25) is 0 Å². The molecule has 2 N–H and O–H groups in total. The number of ether oxygens (including phenoxy) is 1. The third-order valence-electron chi connectivity index (χ3n) is 6.20. The van der Waals surface area contributed by atoms with Gasteiger partial charge >= 0.3 is 0 Å². The number of pyridine rings is 1. The number of amides is 1. The lowest BCUT2D eigenvalue weighted by Crippen LogP contribution is -2.46. The van der Waals surface area contributed by atoms with Crippen molar-refractivity contribution in [2.45, 2.75) is 37.1 Å². The highest BCUT2D eigenvalue weighted by Gasteiger charge is 2.29. The van der Waals surface area contributed by atoms with Crippen LogP contribution in [0.3, 0.4) is 0 Å². The number of benzene rings is 1. The van der Waals surface area contributed by atoms with E-state index in [2.05, 4.69) is 26.8 Å². The Hall–Kier alpha value is -2.85. The largest absolute Gasteiger partial charge is 0.497 e. The average Bonchev–Trinajstić information content (AvgIpc) is 2.84. The molecule has 3 heterocycles. The van der Waals surface area contributed by atoms with E-state index in [1.54, 1.807) is 18.2 Å². The van der Waals surface area contributed by atoms with Gasteiger partial charge in [0.15, 0.2) is 0 Å². The minimum atomic E-state index is -3.85. The van der Waals surface area contributed by atoms with Crippen molar-refractivity contribution in [1.29, 1.82) is 0 Å². The molecule has 0 saturated carbocycles. The van der Waals surface area contributed by atoms with Gasteiger partial charge in [0.05, 0.1) is 29.5 Å². The van der Waals surface area contributed by atoms with Gasteiger partial charge in [-0.25, -0.2) is 13.4 Å². The molecule has 2 saturated heterocycles. The van der Waals surface area contributed by atoms with Crippen molar-refractivity contribution in [3.05, 3.63) is 42.1 Å². The maximum atomic E-state index is 13.6. The van der Waals surface area contributed by atoms with Gasteiger partial charge in [0.1, 0.15) is 11.6 Å². The third-order valence-corrected chi connectivity index (χ3v) is 7.60. The Morgan fingerprint density at radius 2 is 1.88 bits per heavy atom. The summed E-state index contributed by atoms with van der Waals surface area (Å²) in [5.74, 6) is 1.07. The highest BCUT2D eigenvalue weighted by atomic mass is 32.2. The molecular formula is C23H31N5O4S. The lowest BCUT2D eigenvalue weighted by Gasteiger charge is -2.35. The number of aromatic nitrogens is 1. The number of likely N-dealkylation sites (tertiary alicyclic amines) is 1. The number of hydrogen-bond donors (Lipinski definition) is 2. The molecular weight excluding hydrogens is 442 g/mol. The van der Waals surface area contributed by atoms with Gasteiger partial charge in [0, 0.05) is 38.8 Å². The summed E-state index contributed by atoms with van der Waals surface area (Å²) in [7, 11) is -2.33. The summed E-state index contributed by atoms with van der Waals surface area (Å²) < 4.78 is 33.5. The number of piperidine rings is 1. The normalized spacial score (nSPS) is 19.3. The topological polar surface area (TPSA) is 104 Å². The molecule has 0 bridgehead atoms. The average molecular weight is 474 g/mol. The van der Waals surface area contributed by atoms with Gasteiger partial charge in [0.25, 0.3) is 15.9 Å². The Bertz CT molecular complexity index is 1080. The number of sulfonamides is 1. The Balaban J connectivity index is 1.66. The zero-order valence-electron chi connectivity index (χ0n) is 19.1. The predicted molar refractivity (Wildman–Crippen MR) is 127 cm³/mol. The van der Waals surface area contributed by atoms with Crippen molar-refractivity contribution < 1.29 is 17.9 Å². The Labute approximate surface area is 195 Å². The molecule has 0 unspecified atom stereocenters. The first-order valence-corrected chi connectivity index (χ1v) is 12.8. The molecule has 1 aromatic heterocycles. The van der Waals surface area contributed by atoms with Crippen LogP contribution in [0.15, 0.2) is 41.4 Å². The zero-order valence-corrected chi connectivity index (χ0v) is 19.9. The number of anilines is 2. The molecule has 0 radical (unpaired) electrons. The number of carbonyl (C=O) groups is 1. The summed E-state index contributed by atoms with van der Waals surface area (Å²) in [4.78, 5) is 22.2. The first-order valence-electron chi connectivity index (χ1n) is 11.3. The van der Waals surface area contributed by atoms with Gasteiger partial charge in [-0.15, -0.1) is 0 Å². The van der Waals surface area contributed by atoms with Crippen LogP contribution in [0, 0.1) is 0 Å². The first-order chi connectivity index (χ1) is 15.9. The highest BCUT2D eigenvalue weighted by Crippen LogP contribution is 2.28. The van der Waals surface area contributed by atoms with Crippen molar-refractivity contribution in [1.82, 2.24) is 15.2 Å². The van der Waals surface area contributed by atoms with E-state index in [1.807, 2.05) is 4.90 Å². The third kappa shape index (κ3) is 5.22. The molecule has 1 atom stereocenters. The van der Waals surface area contributed by atoms with Gasteiger partial charge in [-0.2, -0.15) is 0 Å². The number of hydrogen-bond acceptors (Lipinski definition) is 7. The number of methoxy groups -OCH3 is 1. The molecule has 2 aromatic rings. The van der Waals surface area contributed by atoms with E-state index in [0.717, 1.165) is 45.4 Å². The van der Waals surface area contributed by atoms with Gasteiger partial charge < -0.3 is 19.9 Å². The van der Waals surface area contributed by atoms with E-state index in [-0.39, 0.29) is 22.5 Å². The Morgan fingerprint density at radius 3 is 2.55 bits per heavy atom. The van der Waals surface area contributed by atoms with Crippen molar-refractivity contribution in [2.24, 2.45) is 0 Å². The summed E-state index contributed by atoms with van der Waals surface area (Å²) in [6.45, 7) is 5.84. The SMILES string of the molecule is COc1ccc(S(=O)(=O)Nc2cnc(N3CCNCC3)c(C(=O)N3CCCC[C@H]3C)c2)cc1. The number of nitrogens with zero attached hydrogens (tertiary/aromatic N) is 3. The van der Waals surface area contributed by atoms with Crippen LogP contribution in [-0.4, -0.2) is 70.1 Å². The predicted octanol–water partition coefficient (Wildman–Crippen LogP) is 2.32. The van der Waals surface area contributed by atoms with E-state index < -0.39 is 10.0 Å². The lowest BCUT2D eigenvalue weighted by atomic mass is 10.0. The summed E-state index contributed by atoms with van der Waals surface area (Å²) in [5.41, 5.74) is 0.693. The minimum Gasteiger partial charge on any atom is -0.497 e. The lowest BCUT2D eigenvalue weighted by molar-refractivity contribution is 0.0636. The molecule has 4 rings (SSSR count). The van der Waals surface area contributed by atoms with Crippen LogP contribution in [0.4, 0.5) is 11.5 Å². The summed E-state index contributed by atoms with van der Waals surface area (Å²) in [6.07, 6.45) is 4.52. The van der Waals surface area contributed by atoms with Crippen molar-refractivity contribution >= 4 is 27.4 Å². The maximum Gasteiger partial charge on any atom is 0.261 e. The minimum absolute atomic E-state index is 0.103. The molecule has 0 aliphatic carbocycles. The Kier molecular flexibility index (Phi) is 7.04. The second-order valence-corrected chi connectivity index (χ2v) is 10.1. The monoisotopic (exact) mass is 473 g/mol. The molecule has 0 spiro atoms. The first kappa shape index (κ1) is 23.3. The fraction of sp³-hybridized carbons (Fsp3) is 0.478. The molecule has 10 heteroatoms. The summed E-state index contributed by atoms with van der Waals surface area (Å²) in [6, 6.07) is 7.90. The van der Waals surface area contributed by atoms with Crippen molar-refractivity contribution in [3.8, 4) is 5.75 Å². The van der Waals surface area contributed by atoms with Gasteiger partial charge in [-0.3, -0.25) is 9.52 Å². The maximum absolute atomic E-state index is 13.6. The van der Waals surface area contributed by atoms with Crippen LogP contribution >= 0.6 is 0 Å². The molecule has 33 heavy (non-hydrogen) atoms. The second-order valence-electron chi connectivity index (χ2n) is 8.46. The van der Waals surface area contributed by atoms with E-state index in [4.69, 9.17) is 4.74 Å². The molecule has 1 aromatic carbocycles. The molecule has 2 aliphatic rings. The van der Waals surface area contributed by atoms with Crippen LogP contribution in [-0.2, 0) is 10.0 Å². The Morgan fingerprint density at radius 1 is 1.15 bits per heavy atom. The van der Waals surface area contributed by atoms with Gasteiger partial charge in [-0.05, 0) is 56.5 Å². The molecule has 9 nitrogen and oxygen atoms in total. The molecule has 178 valence electrons. The summed E-state index contributed by atoms with van der Waals surface area (Å²) in [5, 5.41) is 3.31. The van der Waals surface area contributed by atoms with E-state index >= 15 is 0 Å². The zero-order chi connectivity index (χ0) is 23.4. The van der Waals surface area contributed by atoms with E-state index in [1.165, 1.54) is 25.4 Å². The quantitative estimate of drug-likeness (QED) is 0.664. The van der Waals surface area contributed by atoms with E-state index in [9.17, 15) is 13.2 Å². The van der Waals surface area contributed by atoms with Crippen molar-refractivity contribution in [3.63, 3.8) is 0 Å². The standard InChI is InChI=1S/C23H31N5O4S/c1-17-5-3-4-12-28(17)23(29)21-15-18(16-25-22(21)27-13-10-24-11-14-27)26-33(30,31)20-8-6-19(32-2)7-9-20/h6-9,15-17,24,26H,3-5,10-14H2,1-2H3/t17-/m1/s1. The van der Waals surface area contributed by atoms with Crippen molar-refractivity contribution in [2.75, 3.05) is 49.5 Å². The van der Waals surface area contributed by atoms with Crippen LogP contribution in [0.5, 0.6) is 5.75 Å². The number of carbonyl (C=O) groups excluding carboxylic acids is 1. The van der Waals surface area contributed by atoms with E-state index in [0.29, 0.717) is 23.7 Å². The molecule has 2 aliphatic heterocycles. The second kappa shape index (κ2) is 9.96. The number of nitrogens with one attached hydrogen (secondary N) is 2. The number of rotatable bonds is 6. The van der Waals surface area contributed by atoms with Crippen LogP contribution < -0.4 is 19.7 Å². The van der Waals surface area contributed by atoms with Crippen LogP contribution in [0.25, 0.3) is 0 Å².